The summed E-state index contributed by atoms with van der Waals surface area (Å²) in [5.74, 6) is -0.712. The van der Waals surface area contributed by atoms with Gasteiger partial charge in [-0.25, -0.2) is 4.79 Å². The standard InChI is InChI=1S/C39H35N3O5/c43-37(23-20-30-11-9-24-40-28-30)42(32-14-5-2-6-15-32)25-10-26-47-33-21-18-29(19-22-33)27-36(39(45)46)41-35-17-8-7-16-34(35)38(44)31-12-3-1-4-13-31/h1-9,11-24,28,36,41H,10,25-27H2,(H,45,46)/t36-/m0/s1. The highest BCUT2D eigenvalue weighted by atomic mass is 16.5. The Morgan fingerprint density at radius 3 is 2.23 bits per heavy atom. The average Bonchev–Trinajstić information content (AvgIpc) is 3.12. The number of ketones is 1. The van der Waals surface area contributed by atoms with E-state index in [2.05, 4.69) is 10.3 Å². The number of rotatable bonds is 15. The molecule has 236 valence electrons. The zero-order valence-electron chi connectivity index (χ0n) is 25.7. The largest absolute Gasteiger partial charge is 0.494 e. The van der Waals surface area contributed by atoms with Crippen molar-refractivity contribution in [2.45, 2.75) is 18.9 Å². The zero-order valence-corrected chi connectivity index (χ0v) is 25.7. The smallest absolute Gasteiger partial charge is 0.326 e. The van der Waals surface area contributed by atoms with E-state index in [1.807, 2.05) is 60.7 Å². The topological polar surface area (TPSA) is 109 Å². The lowest BCUT2D eigenvalue weighted by atomic mass is 10.00. The Kier molecular flexibility index (Phi) is 11.3. The number of pyridine rings is 1. The molecule has 0 saturated heterocycles. The number of aliphatic carboxylic acids is 1. The minimum absolute atomic E-state index is 0.141. The van der Waals surface area contributed by atoms with Gasteiger partial charge in [0, 0.05) is 53.9 Å². The predicted octanol–water partition coefficient (Wildman–Crippen LogP) is 6.94. The molecule has 1 amide bonds. The Labute approximate surface area is 274 Å². The first kappa shape index (κ1) is 32.4. The number of aromatic nitrogens is 1. The summed E-state index contributed by atoms with van der Waals surface area (Å²) in [6.45, 7) is 0.840. The number of nitrogens with one attached hydrogen (secondary N) is 1. The SMILES string of the molecule is O=C(c1ccccc1)c1ccccc1N[C@@H](Cc1ccc(OCCCN(C(=O)C=Cc2cccnc2)c2ccccc2)cc1)C(=O)O. The van der Waals surface area contributed by atoms with E-state index in [4.69, 9.17) is 4.74 Å². The predicted molar refractivity (Wildman–Crippen MR) is 184 cm³/mol. The van der Waals surface area contributed by atoms with E-state index < -0.39 is 12.0 Å². The number of carbonyl (C=O) groups excluding carboxylic acids is 2. The molecule has 1 atom stereocenters. The summed E-state index contributed by atoms with van der Waals surface area (Å²) >= 11 is 0. The van der Waals surface area contributed by atoms with Crippen LogP contribution in [0, 0.1) is 0 Å². The first-order valence-electron chi connectivity index (χ1n) is 15.3. The molecule has 8 nitrogen and oxygen atoms in total. The molecule has 0 aliphatic rings. The van der Waals surface area contributed by atoms with Gasteiger partial charge in [-0.3, -0.25) is 14.6 Å². The molecule has 0 saturated carbocycles. The van der Waals surface area contributed by atoms with Crippen molar-refractivity contribution in [3.8, 4) is 5.75 Å². The van der Waals surface area contributed by atoms with Gasteiger partial charge in [-0.1, -0.05) is 78.9 Å². The van der Waals surface area contributed by atoms with Gasteiger partial charge in [0.15, 0.2) is 5.78 Å². The number of carboxylic acids is 1. The summed E-state index contributed by atoms with van der Waals surface area (Å²) in [6, 6.07) is 35.3. The van der Waals surface area contributed by atoms with Crippen LogP contribution < -0.4 is 15.0 Å². The number of ether oxygens (including phenoxy) is 1. The number of carbonyl (C=O) groups is 3. The lowest BCUT2D eigenvalue weighted by Gasteiger charge is -2.21. The highest BCUT2D eigenvalue weighted by Crippen LogP contribution is 2.22. The molecule has 0 aliphatic heterocycles. The van der Waals surface area contributed by atoms with Crippen molar-refractivity contribution in [2.75, 3.05) is 23.4 Å². The maximum Gasteiger partial charge on any atom is 0.326 e. The summed E-state index contributed by atoms with van der Waals surface area (Å²) in [5, 5.41) is 13.1. The molecule has 47 heavy (non-hydrogen) atoms. The molecule has 5 rings (SSSR count). The maximum atomic E-state index is 13.1. The van der Waals surface area contributed by atoms with Gasteiger partial charge >= 0.3 is 5.97 Å². The highest BCUT2D eigenvalue weighted by Gasteiger charge is 2.21. The fourth-order valence-corrected chi connectivity index (χ4v) is 5.02. The molecule has 0 unspecified atom stereocenters. The van der Waals surface area contributed by atoms with Gasteiger partial charge in [-0.2, -0.15) is 0 Å². The first-order valence-corrected chi connectivity index (χ1v) is 15.3. The number of carboxylic acid groups (broad SMARTS) is 1. The lowest BCUT2D eigenvalue weighted by Crippen LogP contribution is -2.32. The van der Waals surface area contributed by atoms with Crippen LogP contribution in [0.3, 0.4) is 0 Å². The molecule has 0 fully saturated rings. The van der Waals surface area contributed by atoms with E-state index >= 15 is 0 Å². The average molecular weight is 626 g/mol. The number of amides is 1. The Bertz CT molecular complexity index is 1790. The Hall–Kier alpha value is -6.02. The Balaban J connectivity index is 1.16. The van der Waals surface area contributed by atoms with E-state index in [0.29, 0.717) is 42.1 Å². The molecule has 5 aromatic rings. The third kappa shape index (κ3) is 9.25. The van der Waals surface area contributed by atoms with Crippen LogP contribution in [0.15, 0.2) is 140 Å². The van der Waals surface area contributed by atoms with Crippen LogP contribution in [0.25, 0.3) is 6.08 Å². The zero-order chi connectivity index (χ0) is 32.8. The molecule has 1 aromatic heterocycles. The first-order chi connectivity index (χ1) is 23.0. The van der Waals surface area contributed by atoms with E-state index in [1.54, 1.807) is 90.1 Å². The minimum Gasteiger partial charge on any atom is -0.494 e. The maximum absolute atomic E-state index is 13.1. The summed E-state index contributed by atoms with van der Waals surface area (Å²) in [7, 11) is 0. The number of anilines is 2. The van der Waals surface area contributed by atoms with Gasteiger partial charge in [0.25, 0.3) is 5.91 Å². The van der Waals surface area contributed by atoms with Gasteiger partial charge in [0.2, 0.25) is 0 Å². The van der Waals surface area contributed by atoms with E-state index in [9.17, 15) is 19.5 Å². The molecule has 0 aliphatic carbocycles. The number of hydrogen-bond donors (Lipinski definition) is 2. The molecular weight excluding hydrogens is 590 g/mol. The molecule has 2 N–H and O–H groups in total. The Morgan fingerprint density at radius 1 is 0.830 bits per heavy atom. The fraction of sp³-hybridized carbons (Fsp3) is 0.128. The van der Waals surface area contributed by atoms with Gasteiger partial charge in [-0.05, 0) is 66.1 Å². The normalized spacial score (nSPS) is 11.5. The van der Waals surface area contributed by atoms with Crippen LogP contribution in [-0.2, 0) is 16.0 Å². The number of hydrogen-bond acceptors (Lipinski definition) is 6. The van der Waals surface area contributed by atoms with E-state index in [0.717, 1.165) is 16.8 Å². The summed E-state index contributed by atoms with van der Waals surface area (Å²) < 4.78 is 5.95. The molecular formula is C39H35N3O5. The van der Waals surface area contributed by atoms with Gasteiger partial charge in [-0.15, -0.1) is 0 Å². The Morgan fingerprint density at radius 2 is 1.53 bits per heavy atom. The van der Waals surface area contributed by atoms with E-state index in [1.165, 1.54) is 0 Å². The van der Waals surface area contributed by atoms with Crippen LogP contribution in [0.2, 0.25) is 0 Å². The van der Waals surface area contributed by atoms with Crippen molar-refractivity contribution in [3.05, 3.63) is 162 Å². The second kappa shape index (κ2) is 16.3. The fourth-order valence-electron chi connectivity index (χ4n) is 5.02. The van der Waals surface area contributed by atoms with Crippen LogP contribution in [0.1, 0.15) is 33.5 Å². The molecule has 1 heterocycles. The van der Waals surface area contributed by atoms with Crippen molar-refractivity contribution in [1.29, 1.82) is 0 Å². The van der Waals surface area contributed by atoms with Crippen LogP contribution >= 0.6 is 0 Å². The van der Waals surface area contributed by atoms with Gasteiger partial charge < -0.3 is 20.1 Å². The lowest BCUT2D eigenvalue weighted by molar-refractivity contribution is -0.137. The van der Waals surface area contributed by atoms with Crippen molar-refractivity contribution in [1.82, 2.24) is 4.98 Å². The molecule has 0 bridgehead atoms. The van der Waals surface area contributed by atoms with Crippen LogP contribution in [0.4, 0.5) is 11.4 Å². The van der Waals surface area contributed by atoms with Gasteiger partial charge in [0.1, 0.15) is 11.8 Å². The number of benzene rings is 4. The minimum atomic E-state index is -1.03. The van der Waals surface area contributed by atoms with Crippen molar-refractivity contribution >= 4 is 35.1 Å². The summed E-state index contributed by atoms with van der Waals surface area (Å²) in [6.07, 6.45) is 7.47. The van der Waals surface area contributed by atoms with Crippen molar-refractivity contribution in [2.24, 2.45) is 0 Å². The second-order valence-electron chi connectivity index (χ2n) is 10.8. The monoisotopic (exact) mass is 625 g/mol. The van der Waals surface area contributed by atoms with E-state index in [-0.39, 0.29) is 18.1 Å². The summed E-state index contributed by atoms with van der Waals surface area (Å²) in [5.41, 5.74) is 3.84. The summed E-state index contributed by atoms with van der Waals surface area (Å²) in [4.78, 5) is 44.2. The number of nitrogens with zero attached hydrogens (tertiary/aromatic N) is 2. The van der Waals surface area contributed by atoms with Crippen LogP contribution in [-0.4, -0.2) is 46.9 Å². The molecule has 0 radical (unpaired) electrons. The third-order valence-electron chi connectivity index (χ3n) is 7.43. The highest BCUT2D eigenvalue weighted by molar-refractivity contribution is 6.12. The molecule has 8 heteroatoms. The van der Waals surface area contributed by atoms with Crippen molar-refractivity contribution < 1.29 is 24.2 Å². The number of para-hydroxylation sites is 2. The molecule has 0 spiro atoms. The quantitative estimate of drug-likeness (QED) is 0.0737. The van der Waals surface area contributed by atoms with Crippen LogP contribution in [0.5, 0.6) is 5.75 Å². The van der Waals surface area contributed by atoms with Gasteiger partial charge in [0.05, 0.1) is 6.61 Å². The molecule has 4 aromatic carbocycles. The third-order valence-corrected chi connectivity index (χ3v) is 7.43. The second-order valence-corrected chi connectivity index (χ2v) is 10.8. The van der Waals surface area contributed by atoms with Crippen molar-refractivity contribution in [3.63, 3.8) is 0 Å².